The van der Waals surface area contributed by atoms with Crippen LogP contribution in [-0.2, 0) is 9.59 Å². The molecule has 6 heteroatoms. The summed E-state index contributed by atoms with van der Waals surface area (Å²) in [4.78, 5) is 33.1. The third-order valence-electron chi connectivity index (χ3n) is 2.97. The average molecular weight is 312 g/mol. The molecule has 118 valence electrons. The third-order valence-corrected chi connectivity index (χ3v) is 2.97. The Morgan fingerprint density at radius 2 is 1.74 bits per heavy atom. The van der Waals surface area contributed by atoms with Gasteiger partial charge in [-0.05, 0) is 35.4 Å². The molecule has 0 fully saturated rings. The second-order valence-electron chi connectivity index (χ2n) is 4.75. The number of carbonyl (C=O) groups excluding carboxylic acids is 3. The van der Waals surface area contributed by atoms with Crippen LogP contribution in [0.25, 0.3) is 11.1 Å². The predicted octanol–water partition coefficient (Wildman–Crippen LogP) is 0.759. The molecule has 0 heterocycles. The third kappa shape index (κ3) is 4.67. The van der Waals surface area contributed by atoms with E-state index in [2.05, 4.69) is 5.32 Å². The summed E-state index contributed by atoms with van der Waals surface area (Å²) in [5.74, 6) is -1.81. The number of benzene rings is 2. The van der Waals surface area contributed by atoms with Crippen LogP contribution in [0, 0.1) is 0 Å². The van der Waals surface area contributed by atoms with E-state index in [1.54, 1.807) is 42.5 Å². The normalized spacial score (nSPS) is 9.96. The minimum absolute atomic E-state index is 0.341. The minimum Gasteiger partial charge on any atom is -0.548 e. The van der Waals surface area contributed by atoms with Crippen LogP contribution in [0.1, 0.15) is 17.3 Å². The molecule has 0 radical (unpaired) electrons. The molecule has 0 spiro atoms. The number of nitrogens with one attached hydrogen (secondary N) is 1. The van der Waals surface area contributed by atoms with Crippen molar-refractivity contribution < 1.29 is 24.2 Å². The lowest BCUT2D eigenvalue weighted by Crippen LogP contribution is -2.37. The first-order valence-electron chi connectivity index (χ1n) is 6.82. The van der Waals surface area contributed by atoms with Crippen LogP contribution in [0.15, 0.2) is 48.5 Å². The lowest BCUT2D eigenvalue weighted by atomic mass is 10.0. The minimum atomic E-state index is -1.35. The maximum atomic E-state index is 11.8. The molecule has 6 nitrogen and oxygen atoms in total. The number of carbonyl (C=O) groups is 3. The molecule has 0 aromatic heterocycles. The fraction of sp³-hybridized carbons (Fsp3) is 0.118. The molecule has 1 amide bonds. The van der Waals surface area contributed by atoms with Gasteiger partial charge in [-0.15, -0.1) is 0 Å². The number of hydrogen-bond donors (Lipinski definition) is 1. The molecular weight excluding hydrogens is 298 g/mol. The van der Waals surface area contributed by atoms with E-state index in [9.17, 15) is 19.5 Å². The van der Waals surface area contributed by atoms with Crippen molar-refractivity contribution in [2.45, 2.75) is 6.92 Å². The molecule has 0 unspecified atom stereocenters. The molecule has 2 rings (SSSR count). The first-order chi connectivity index (χ1) is 11.0. The SMILES string of the molecule is CC(=O)Oc1ccc(-c2cccc(C(=O)NCC(=O)[O-])c2)cc1. The zero-order valence-electron chi connectivity index (χ0n) is 12.4. The van der Waals surface area contributed by atoms with E-state index >= 15 is 0 Å². The number of hydrogen-bond acceptors (Lipinski definition) is 5. The van der Waals surface area contributed by atoms with E-state index in [-0.39, 0.29) is 0 Å². The molecule has 0 aliphatic carbocycles. The molecule has 0 saturated heterocycles. The van der Waals surface area contributed by atoms with Crippen molar-refractivity contribution in [3.8, 4) is 16.9 Å². The van der Waals surface area contributed by atoms with Crippen LogP contribution in [-0.4, -0.2) is 24.4 Å². The summed E-state index contributed by atoms with van der Waals surface area (Å²) in [5, 5.41) is 12.6. The van der Waals surface area contributed by atoms with Crippen LogP contribution in [0.2, 0.25) is 0 Å². The van der Waals surface area contributed by atoms with Gasteiger partial charge in [0.15, 0.2) is 0 Å². The topological polar surface area (TPSA) is 95.5 Å². The predicted molar refractivity (Wildman–Crippen MR) is 80.5 cm³/mol. The summed E-state index contributed by atoms with van der Waals surface area (Å²) in [6.07, 6.45) is 0. The van der Waals surface area contributed by atoms with Gasteiger partial charge in [0.2, 0.25) is 0 Å². The van der Waals surface area contributed by atoms with Gasteiger partial charge in [0.05, 0.1) is 12.5 Å². The molecule has 0 bridgehead atoms. The number of amides is 1. The van der Waals surface area contributed by atoms with Crippen molar-refractivity contribution in [3.05, 3.63) is 54.1 Å². The van der Waals surface area contributed by atoms with Crippen LogP contribution in [0.3, 0.4) is 0 Å². The van der Waals surface area contributed by atoms with Gasteiger partial charge < -0.3 is 20.0 Å². The Hall–Kier alpha value is -3.15. The fourth-order valence-corrected chi connectivity index (χ4v) is 1.98. The van der Waals surface area contributed by atoms with E-state index in [1.807, 2.05) is 6.07 Å². The molecule has 23 heavy (non-hydrogen) atoms. The number of esters is 1. The zero-order chi connectivity index (χ0) is 16.8. The van der Waals surface area contributed by atoms with E-state index in [0.29, 0.717) is 11.3 Å². The van der Waals surface area contributed by atoms with E-state index in [0.717, 1.165) is 11.1 Å². The Labute approximate surface area is 132 Å². The summed E-state index contributed by atoms with van der Waals surface area (Å²) in [6, 6.07) is 13.6. The Morgan fingerprint density at radius 1 is 1.04 bits per heavy atom. The maximum Gasteiger partial charge on any atom is 0.308 e. The van der Waals surface area contributed by atoms with Crippen molar-refractivity contribution in [2.75, 3.05) is 6.54 Å². The van der Waals surface area contributed by atoms with Crippen molar-refractivity contribution in [3.63, 3.8) is 0 Å². The molecule has 0 aliphatic rings. The van der Waals surface area contributed by atoms with Crippen molar-refractivity contribution >= 4 is 17.8 Å². The van der Waals surface area contributed by atoms with Gasteiger partial charge in [0.1, 0.15) is 5.75 Å². The summed E-state index contributed by atoms with van der Waals surface area (Å²) in [6.45, 7) is 0.781. The highest BCUT2D eigenvalue weighted by Crippen LogP contribution is 2.23. The van der Waals surface area contributed by atoms with Gasteiger partial charge in [0.25, 0.3) is 5.91 Å². The number of aliphatic carboxylic acids is 1. The standard InChI is InChI=1S/C17H15NO5/c1-11(19)23-15-7-5-12(6-8-15)13-3-2-4-14(9-13)17(22)18-10-16(20)21/h2-9H,10H2,1H3,(H,18,22)(H,20,21)/p-1. The number of ether oxygens (including phenoxy) is 1. The summed E-state index contributed by atoms with van der Waals surface area (Å²) in [5.41, 5.74) is 1.95. The molecule has 0 atom stereocenters. The number of rotatable bonds is 5. The van der Waals surface area contributed by atoms with Gasteiger partial charge >= 0.3 is 5.97 Å². The van der Waals surface area contributed by atoms with E-state index < -0.39 is 24.4 Å². The zero-order valence-corrected chi connectivity index (χ0v) is 12.4. The Kier molecular flexibility index (Phi) is 5.09. The molecule has 1 N–H and O–H groups in total. The van der Waals surface area contributed by atoms with Crippen LogP contribution in [0.5, 0.6) is 5.75 Å². The molecule has 2 aromatic rings. The lowest BCUT2D eigenvalue weighted by Gasteiger charge is -2.08. The maximum absolute atomic E-state index is 11.8. The molecule has 0 saturated carbocycles. The van der Waals surface area contributed by atoms with Crippen molar-refractivity contribution in [1.29, 1.82) is 0 Å². The largest absolute Gasteiger partial charge is 0.548 e. The lowest BCUT2D eigenvalue weighted by molar-refractivity contribution is -0.303. The smallest absolute Gasteiger partial charge is 0.308 e. The highest BCUT2D eigenvalue weighted by Gasteiger charge is 2.07. The first-order valence-corrected chi connectivity index (χ1v) is 6.82. The fourth-order valence-electron chi connectivity index (χ4n) is 1.98. The quantitative estimate of drug-likeness (QED) is 0.649. The first kappa shape index (κ1) is 16.2. The van der Waals surface area contributed by atoms with Gasteiger partial charge in [-0.1, -0.05) is 24.3 Å². The Morgan fingerprint density at radius 3 is 2.35 bits per heavy atom. The second-order valence-corrected chi connectivity index (χ2v) is 4.75. The van der Waals surface area contributed by atoms with Crippen LogP contribution in [0.4, 0.5) is 0 Å². The number of carboxylic acids is 1. The molecule has 0 aliphatic heterocycles. The summed E-state index contributed by atoms with van der Waals surface area (Å²) < 4.78 is 4.96. The monoisotopic (exact) mass is 312 g/mol. The van der Waals surface area contributed by atoms with Gasteiger partial charge in [-0.25, -0.2) is 0 Å². The van der Waals surface area contributed by atoms with Gasteiger partial charge in [-0.3, -0.25) is 9.59 Å². The average Bonchev–Trinajstić information content (AvgIpc) is 2.53. The summed E-state index contributed by atoms with van der Waals surface area (Å²) in [7, 11) is 0. The molecular formula is C17H14NO5-. The van der Waals surface area contributed by atoms with Crippen LogP contribution < -0.4 is 15.2 Å². The second kappa shape index (κ2) is 7.22. The Balaban J connectivity index is 2.17. The Bertz CT molecular complexity index is 737. The van der Waals surface area contributed by atoms with E-state index in [1.165, 1.54) is 6.92 Å². The van der Waals surface area contributed by atoms with Crippen molar-refractivity contribution in [1.82, 2.24) is 5.32 Å². The van der Waals surface area contributed by atoms with E-state index in [4.69, 9.17) is 4.74 Å². The summed E-state index contributed by atoms with van der Waals surface area (Å²) >= 11 is 0. The molecule has 2 aromatic carbocycles. The van der Waals surface area contributed by atoms with Crippen molar-refractivity contribution in [2.24, 2.45) is 0 Å². The number of carboxylic acid groups (broad SMARTS) is 1. The van der Waals surface area contributed by atoms with Gasteiger partial charge in [-0.2, -0.15) is 0 Å². The van der Waals surface area contributed by atoms with Gasteiger partial charge in [0, 0.05) is 12.5 Å². The highest BCUT2D eigenvalue weighted by atomic mass is 16.5. The van der Waals surface area contributed by atoms with Crippen LogP contribution >= 0.6 is 0 Å². The highest BCUT2D eigenvalue weighted by molar-refractivity contribution is 5.96.